The van der Waals surface area contributed by atoms with E-state index in [1.807, 2.05) is 13.0 Å². The molecule has 19 heavy (non-hydrogen) atoms. The van der Waals surface area contributed by atoms with Gasteiger partial charge < -0.3 is 5.73 Å². The zero-order chi connectivity index (χ0) is 13.9. The Morgan fingerprint density at radius 1 is 1.42 bits per heavy atom. The molecule has 1 heterocycles. The summed E-state index contributed by atoms with van der Waals surface area (Å²) in [6.45, 7) is 2.34. The maximum Gasteiger partial charge on any atom is 0.240 e. The Bertz CT molecular complexity index is 665. The molecule has 0 aliphatic heterocycles. The number of aromatic nitrogens is 1. The molecular formula is C12H15N3O2S2. The van der Waals surface area contributed by atoms with Crippen LogP contribution in [0, 0.1) is 0 Å². The minimum Gasteiger partial charge on any atom is -0.375 e. The first-order chi connectivity index (χ1) is 9.03. The van der Waals surface area contributed by atoms with Gasteiger partial charge >= 0.3 is 0 Å². The second kappa shape index (κ2) is 5.68. The van der Waals surface area contributed by atoms with Crippen molar-refractivity contribution in [3.63, 3.8) is 0 Å². The van der Waals surface area contributed by atoms with Crippen LogP contribution < -0.4 is 10.5 Å². The van der Waals surface area contributed by atoms with Crippen molar-refractivity contribution in [2.75, 3.05) is 12.3 Å². The maximum atomic E-state index is 12.0. The normalized spacial score (nSPS) is 11.6. The summed E-state index contributed by atoms with van der Waals surface area (Å²) in [5, 5.41) is 2.27. The summed E-state index contributed by atoms with van der Waals surface area (Å²) in [5.41, 5.74) is 7.02. The Morgan fingerprint density at radius 2 is 2.21 bits per heavy atom. The van der Waals surface area contributed by atoms with E-state index in [9.17, 15) is 8.42 Å². The Balaban J connectivity index is 2.34. The largest absolute Gasteiger partial charge is 0.375 e. The molecule has 0 aliphatic carbocycles. The van der Waals surface area contributed by atoms with Gasteiger partial charge in [0.2, 0.25) is 10.0 Å². The number of nitrogen functional groups attached to an aromatic ring is 1. The number of hydrogen-bond acceptors (Lipinski definition) is 5. The Kier molecular flexibility index (Phi) is 4.18. The molecule has 5 nitrogen and oxygen atoms in total. The molecule has 102 valence electrons. The van der Waals surface area contributed by atoms with Gasteiger partial charge in [0.25, 0.3) is 0 Å². The van der Waals surface area contributed by atoms with Crippen molar-refractivity contribution in [3.8, 4) is 11.3 Å². The third-order valence-corrected chi connectivity index (χ3v) is 4.64. The number of hydrogen-bond donors (Lipinski definition) is 2. The van der Waals surface area contributed by atoms with Gasteiger partial charge in [-0.2, -0.15) is 0 Å². The smallest absolute Gasteiger partial charge is 0.240 e. The fourth-order valence-corrected chi connectivity index (χ4v) is 3.31. The van der Waals surface area contributed by atoms with Crippen molar-refractivity contribution < 1.29 is 8.42 Å². The van der Waals surface area contributed by atoms with Gasteiger partial charge in [0.1, 0.15) is 0 Å². The Labute approximate surface area is 116 Å². The summed E-state index contributed by atoms with van der Waals surface area (Å²) < 4.78 is 26.6. The lowest BCUT2D eigenvalue weighted by molar-refractivity contribution is 0.581. The van der Waals surface area contributed by atoms with E-state index < -0.39 is 10.0 Å². The minimum atomic E-state index is -3.45. The first-order valence-corrected chi connectivity index (χ1v) is 8.20. The van der Waals surface area contributed by atoms with E-state index in [2.05, 4.69) is 9.71 Å². The van der Waals surface area contributed by atoms with Gasteiger partial charge in [0.05, 0.1) is 10.6 Å². The van der Waals surface area contributed by atoms with Crippen molar-refractivity contribution in [1.82, 2.24) is 9.71 Å². The summed E-state index contributed by atoms with van der Waals surface area (Å²) in [7, 11) is -3.45. The van der Waals surface area contributed by atoms with Gasteiger partial charge in [-0.25, -0.2) is 18.1 Å². The van der Waals surface area contributed by atoms with Crippen molar-refractivity contribution >= 4 is 26.5 Å². The molecule has 0 spiro atoms. The zero-order valence-corrected chi connectivity index (χ0v) is 12.1. The molecular weight excluding hydrogens is 282 g/mol. The lowest BCUT2D eigenvalue weighted by Gasteiger charge is -2.06. The first-order valence-electron chi connectivity index (χ1n) is 5.84. The molecule has 0 saturated carbocycles. The van der Waals surface area contributed by atoms with Gasteiger partial charge in [0, 0.05) is 17.5 Å². The van der Waals surface area contributed by atoms with Crippen LogP contribution in [-0.2, 0) is 10.0 Å². The van der Waals surface area contributed by atoms with Crippen LogP contribution in [0.25, 0.3) is 11.3 Å². The third-order valence-electron chi connectivity index (χ3n) is 2.50. The molecule has 0 radical (unpaired) electrons. The second-order valence-electron chi connectivity index (χ2n) is 4.00. The highest BCUT2D eigenvalue weighted by atomic mass is 32.2. The second-order valence-corrected chi connectivity index (χ2v) is 6.65. The summed E-state index contributed by atoms with van der Waals surface area (Å²) in [6, 6.07) is 6.68. The molecule has 1 aromatic carbocycles. The number of thiazole rings is 1. The summed E-state index contributed by atoms with van der Waals surface area (Å²) in [4.78, 5) is 4.39. The quantitative estimate of drug-likeness (QED) is 0.885. The van der Waals surface area contributed by atoms with E-state index in [1.165, 1.54) is 11.3 Å². The number of benzene rings is 1. The Morgan fingerprint density at radius 3 is 2.84 bits per heavy atom. The summed E-state index contributed by atoms with van der Waals surface area (Å²) >= 11 is 1.33. The average Bonchev–Trinajstić information content (AvgIpc) is 2.83. The van der Waals surface area contributed by atoms with Gasteiger partial charge in [-0.1, -0.05) is 19.1 Å². The lowest BCUT2D eigenvalue weighted by Crippen LogP contribution is -2.24. The lowest BCUT2D eigenvalue weighted by atomic mass is 10.2. The molecule has 1 aromatic heterocycles. The van der Waals surface area contributed by atoms with Gasteiger partial charge in [-0.3, -0.25) is 0 Å². The highest BCUT2D eigenvalue weighted by molar-refractivity contribution is 7.89. The molecule has 0 unspecified atom stereocenters. The molecule has 0 fully saturated rings. The summed E-state index contributed by atoms with van der Waals surface area (Å²) in [6.07, 6.45) is 0.752. The average molecular weight is 297 g/mol. The summed E-state index contributed by atoms with van der Waals surface area (Å²) in [5.74, 6) is 0. The number of sulfonamides is 1. The molecule has 2 aromatic rings. The highest BCUT2D eigenvalue weighted by Gasteiger charge is 2.14. The van der Waals surface area contributed by atoms with E-state index >= 15 is 0 Å². The van der Waals surface area contributed by atoms with Crippen LogP contribution in [-0.4, -0.2) is 19.9 Å². The van der Waals surface area contributed by atoms with Crippen molar-refractivity contribution in [1.29, 1.82) is 0 Å². The van der Waals surface area contributed by atoms with Crippen LogP contribution in [0.3, 0.4) is 0 Å². The van der Waals surface area contributed by atoms with Crippen molar-refractivity contribution in [3.05, 3.63) is 29.6 Å². The molecule has 0 aliphatic rings. The fourth-order valence-electron chi connectivity index (χ4n) is 1.56. The van der Waals surface area contributed by atoms with Crippen LogP contribution in [0.1, 0.15) is 13.3 Å². The molecule has 0 atom stereocenters. The van der Waals surface area contributed by atoms with Crippen molar-refractivity contribution in [2.45, 2.75) is 18.2 Å². The number of nitrogens with zero attached hydrogens (tertiary/aromatic N) is 1. The number of nitrogens with two attached hydrogens (primary N) is 1. The van der Waals surface area contributed by atoms with E-state index in [0.717, 1.165) is 12.0 Å². The van der Waals surface area contributed by atoms with Crippen molar-refractivity contribution in [2.24, 2.45) is 0 Å². The number of rotatable bonds is 5. The predicted octanol–water partition coefficient (Wildman–Crippen LogP) is 2.08. The third kappa shape index (κ3) is 3.31. The van der Waals surface area contributed by atoms with E-state index in [0.29, 0.717) is 17.4 Å². The topological polar surface area (TPSA) is 85.1 Å². The van der Waals surface area contributed by atoms with Crippen LogP contribution in [0.5, 0.6) is 0 Å². The SMILES string of the molecule is CCCNS(=O)(=O)c1cccc(-c2csc(N)n2)c1. The standard InChI is InChI=1S/C12H15N3O2S2/c1-2-6-14-19(16,17)10-5-3-4-9(7-10)11-8-18-12(13)15-11/h3-5,7-8,14H,2,6H2,1H3,(H2,13,15). The number of nitrogens with one attached hydrogen (secondary N) is 1. The molecule has 0 saturated heterocycles. The molecule has 3 N–H and O–H groups in total. The monoisotopic (exact) mass is 297 g/mol. The van der Waals surface area contributed by atoms with Gasteiger partial charge in [-0.15, -0.1) is 11.3 Å². The fraction of sp³-hybridized carbons (Fsp3) is 0.250. The van der Waals surface area contributed by atoms with Gasteiger partial charge in [0.15, 0.2) is 5.13 Å². The van der Waals surface area contributed by atoms with Gasteiger partial charge in [-0.05, 0) is 18.6 Å². The maximum absolute atomic E-state index is 12.0. The molecule has 7 heteroatoms. The van der Waals surface area contributed by atoms with E-state index in [4.69, 9.17) is 5.73 Å². The number of anilines is 1. The molecule has 0 amide bonds. The van der Waals surface area contributed by atoms with Crippen LogP contribution in [0.4, 0.5) is 5.13 Å². The van der Waals surface area contributed by atoms with Crippen LogP contribution in [0.15, 0.2) is 34.5 Å². The minimum absolute atomic E-state index is 0.241. The van der Waals surface area contributed by atoms with E-state index in [-0.39, 0.29) is 4.90 Å². The van der Waals surface area contributed by atoms with Crippen LogP contribution >= 0.6 is 11.3 Å². The first kappa shape index (κ1) is 14.0. The highest BCUT2D eigenvalue weighted by Crippen LogP contribution is 2.25. The van der Waals surface area contributed by atoms with E-state index in [1.54, 1.807) is 23.6 Å². The molecule has 2 rings (SSSR count). The zero-order valence-electron chi connectivity index (χ0n) is 10.5. The van der Waals surface area contributed by atoms with Crippen LogP contribution in [0.2, 0.25) is 0 Å². The predicted molar refractivity (Wildman–Crippen MR) is 77.4 cm³/mol. The Hall–Kier alpha value is -1.44. The molecule has 0 bridgehead atoms.